The molecule has 1 aliphatic rings. The average Bonchev–Trinajstić information content (AvgIpc) is 3.35. The number of aromatic amines is 1. The first-order chi connectivity index (χ1) is 16.0. The highest BCUT2D eigenvalue weighted by Gasteiger charge is 2.42. The monoisotopic (exact) mass is 451 g/mol. The normalized spacial score (nSPS) is 15.1. The van der Waals surface area contributed by atoms with Gasteiger partial charge in [0.1, 0.15) is 17.1 Å². The molecule has 0 radical (unpaired) electrons. The maximum Gasteiger partial charge on any atom is 0.273 e. The number of amides is 1. The van der Waals surface area contributed by atoms with Crippen molar-refractivity contribution in [3.63, 3.8) is 0 Å². The van der Waals surface area contributed by atoms with Crippen LogP contribution in [0.3, 0.4) is 0 Å². The van der Waals surface area contributed by atoms with Crippen molar-refractivity contribution in [1.29, 1.82) is 0 Å². The summed E-state index contributed by atoms with van der Waals surface area (Å²) in [5, 5.41) is 27.4. The topological polar surface area (TPSA) is 108 Å². The third-order valence-electron chi connectivity index (χ3n) is 5.87. The summed E-state index contributed by atoms with van der Waals surface area (Å²) in [5.41, 5.74) is 3.82. The number of aromatic hydroxyl groups is 1. The molecule has 0 fully saturated rings. The van der Waals surface area contributed by atoms with E-state index >= 15 is 0 Å². The van der Waals surface area contributed by atoms with Crippen molar-refractivity contribution >= 4 is 5.91 Å². The summed E-state index contributed by atoms with van der Waals surface area (Å²) in [5.74, 6) is 1.03. The molecule has 1 aliphatic heterocycles. The van der Waals surface area contributed by atoms with Crippen molar-refractivity contribution in [3.8, 4) is 28.5 Å². The number of ether oxygens (including phenoxy) is 2. The van der Waals surface area contributed by atoms with Crippen LogP contribution in [0.1, 0.15) is 53.0 Å². The number of aliphatic hydroxyl groups is 1. The summed E-state index contributed by atoms with van der Waals surface area (Å²) < 4.78 is 11.4. The molecule has 2 heterocycles. The van der Waals surface area contributed by atoms with E-state index in [0.29, 0.717) is 40.6 Å². The van der Waals surface area contributed by atoms with E-state index in [2.05, 4.69) is 17.1 Å². The molecule has 0 bridgehead atoms. The fraction of sp³-hybridized carbons (Fsp3) is 0.360. The highest BCUT2D eigenvalue weighted by atomic mass is 16.5. The van der Waals surface area contributed by atoms with Gasteiger partial charge in [-0.25, -0.2) is 0 Å². The van der Waals surface area contributed by atoms with Gasteiger partial charge in [-0.1, -0.05) is 31.0 Å². The number of phenolic OH excluding ortho intramolecular Hbond substituents is 1. The van der Waals surface area contributed by atoms with Crippen molar-refractivity contribution in [3.05, 3.63) is 58.8 Å². The fourth-order valence-corrected chi connectivity index (χ4v) is 4.23. The third kappa shape index (κ3) is 4.14. The SMILES string of the molecule is CCCCOc1ccc([C@H]2c3c(-c4cc(C)ccc4O)n[nH]c3C(=O)N2CCO)cc1OC. The number of aromatic nitrogens is 2. The lowest BCUT2D eigenvalue weighted by molar-refractivity contribution is 0.0706. The van der Waals surface area contributed by atoms with Gasteiger partial charge in [0.25, 0.3) is 5.91 Å². The Labute approximate surface area is 192 Å². The number of carbonyl (C=O) groups excluding carboxylic acids is 1. The smallest absolute Gasteiger partial charge is 0.273 e. The summed E-state index contributed by atoms with van der Waals surface area (Å²) in [7, 11) is 1.58. The number of phenols is 1. The van der Waals surface area contributed by atoms with E-state index < -0.39 is 6.04 Å². The number of rotatable bonds is 9. The van der Waals surface area contributed by atoms with Crippen LogP contribution >= 0.6 is 0 Å². The summed E-state index contributed by atoms with van der Waals surface area (Å²) in [6.07, 6.45) is 1.96. The van der Waals surface area contributed by atoms with Crippen LogP contribution in [-0.4, -0.2) is 58.1 Å². The average molecular weight is 452 g/mol. The molecule has 1 amide bonds. The minimum absolute atomic E-state index is 0.0824. The van der Waals surface area contributed by atoms with E-state index in [4.69, 9.17) is 9.47 Å². The zero-order chi connectivity index (χ0) is 23.5. The van der Waals surface area contributed by atoms with Gasteiger partial charge in [-0.2, -0.15) is 5.10 Å². The summed E-state index contributed by atoms with van der Waals surface area (Å²) in [4.78, 5) is 14.8. The highest BCUT2D eigenvalue weighted by Crippen LogP contribution is 2.45. The molecule has 174 valence electrons. The van der Waals surface area contributed by atoms with Gasteiger partial charge in [-0.15, -0.1) is 0 Å². The summed E-state index contributed by atoms with van der Waals surface area (Å²) in [6, 6.07) is 10.4. The van der Waals surface area contributed by atoms with Crippen molar-refractivity contribution < 1.29 is 24.5 Å². The predicted octanol–water partition coefficient (Wildman–Crippen LogP) is 3.82. The predicted molar refractivity (Wildman–Crippen MR) is 124 cm³/mol. The third-order valence-corrected chi connectivity index (χ3v) is 5.87. The molecule has 3 N–H and O–H groups in total. The zero-order valence-electron chi connectivity index (χ0n) is 19.1. The second kappa shape index (κ2) is 9.54. The van der Waals surface area contributed by atoms with Crippen LogP contribution in [0.5, 0.6) is 17.2 Å². The Hall–Kier alpha value is -3.52. The number of benzene rings is 2. The number of carbonyl (C=O) groups is 1. The fourth-order valence-electron chi connectivity index (χ4n) is 4.23. The lowest BCUT2D eigenvalue weighted by atomic mass is 9.95. The lowest BCUT2D eigenvalue weighted by Crippen LogP contribution is -2.32. The van der Waals surface area contributed by atoms with Crippen LogP contribution in [0, 0.1) is 6.92 Å². The lowest BCUT2D eigenvalue weighted by Gasteiger charge is -2.26. The van der Waals surface area contributed by atoms with Crippen LogP contribution < -0.4 is 9.47 Å². The van der Waals surface area contributed by atoms with Gasteiger partial charge in [0.2, 0.25) is 0 Å². The van der Waals surface area contributed by atoms with Crippen LogP contribution in [0.25, 0.3) is 11.3 Å². The van der Waals surface area contributed by atoms with Gasteiger partial charge in [-0.05, 0) is 43.2 Å². The van der Waals surface area contributed by atoms with Crippen molar-refractivity contribution in [1.82, 2.24) is 15.1 Å². The van der Waals surface area contributed by atoms with E-state index in [-0.39, 0.29) is 24.8 Å². The van der Waals surface area contributed by atoms with Crippen LogP contribution in [0.2, 0.25) is 0 Å². The van der Waals surface area contributed by atoms with E-state index in [0.717, 1.165) is 24.0 Å². The van der Waals surface area contributed by atoms with Gasteiger partial charge in [-0.3, -0.25) is 9.89 Å². The standard InChI is InChI=1S/C25H29N3O5/c1-4-5-12-33-19-9-7-16(14-20(19)32-3)24-21-22(17-13-15(2)6-8-18(17)30)26-27-23(21)25(31)28(24)10-11-29/h6-9,13-14,24,29-30H,4-5,10-12H2,1-3H3,(H,26,27)/t24-/m0/s1. The molecule has 4 rings (SSSR count). The van der Waals surface area contributed by atoms with Crippen LogP contribution in [-0.2, 0) is 0 Å². The molecule has 2 aromatic carbocycles. The summed E-state index contributed by atoms with van der Waals surface area (Å²) >= 11 is 0. The molecule has 0 unspecified atom stereocenters. The van der Waals surface area contributed by atoms with E-state index in [1.165, 1.54) is 0 Å². The molecule has 3 aromatic rings. The minimum atomic E-state index is -0.507. The van der Waals surface area contributed by atoms with Crippen molar-refractivity contribution in [2.75, 3.05) is 26.9 Å². The zero-order valence-corrected chi connectivity index (χ0v) is 19.1. The van der Waals surface area contributed by atoms with Crippen molar-refractivity contribution in [2.45, 2.75) is 32.7 Å². The molecule has 8 heteroatoms. The Morgan fingerprint density at radius 2 is 2.00 bits per heavy atom. The number of nitrogens with zero attached hydrogens (tertiary/aromatic N) is 2. The number of aryl methyl sites for hydroxylation is 1. The van der Waals surface area contributed by atoms with Gasteiger partial charge in [0.05, 0.1) is 26.4 Å². The molecule has 1 aromatic heterocycles. The second-order valence-corrected chi connectivity index (χ2v) is 8.12. The summed E-state index contributed by atoms with van der Waals surface area (Å²) in [6.45, 7) is 4.59. The van der Waals surface area contributed by atoms with Crippen molar-refractivity contribution in [2.24, 2.45) is 0 Å². The van der Waals surface area contributed by atoms with E-state index in [9.17, 15) is 15.0 Å². The van der Waals surface area contributed by atoms with Crippen LogP contribution in [0.4, 0.5) is 0 Å². The van der Waals surface area contributed by atoms with Gasteiger partial charge in [0, 0.05) is 17.7 Å². The largest absolute Gasteiger partial charge is 0.507 e. The molecular formula is C25H29N3O5. The molecule has 1 atom stereocenters. The molecule has 0 saturated carbocycles. The maximum absolute atomic E-state index is 13.2. The quantitative estimate of drug-likeness (QED) is 0.427. The molecule has 8 nitrogen and oxygen atoms in total. The number of hydrogen-bond acceptors (Lipinski definition) is 6. The number of nitrogens with one attached hydrogen (secondary N) is 1. The van der Waals surface area contributed by atoms with E-state index in [1.807, 2.05) is 37.3 Å². The van der Waals surface area contributed by atoms with Gasteiger partial charge in [0.15, 0.2) is 11.5 Å². The number of unbranched alkanes of at least 4 members (excludes halogenated alkanes) is 1. The second-order valence-electron chi connectivity index (χ2n) is 8.12. The highest BCUT2D eigenvalue weighted by molar-refractivity contribution is 6.00. The molecule has 0 saturated heterocycles. The number of hydrogen-bond donors (Lipinski definition) is 3. The first kappa shape index (κ1) is 22.7. The van der Waals surface area contributed by atoms with Gasteiger partial charge < -0.3 is 24.6 Å². The van der Waals surface area contributed by atoms with E-state index in [1.54, 1.807) is 18.1 Å². The molecular weight excluding hydrogens is 422 g/mol. The maximum atomic E-state index is 13.2. The number of aliphatic hydroxyl groups excluding tert-OH is 1. The van der Waals surface area contributed by atoms with Gasteiger partial charge >= 0.3 is 0 Å². The number of H-pyrrole nitrogens is 1. The Morgan fingerprint density at radius 3 is 2.73 bits per heavy atom. The van der Waals surface area contributed by atoms with Crippen LogP contribution in [0.15, 0.2) is 36.4 Å². The first-order valence-electron chi connectivity index (χ1n) is 11.1. The minimum Gasteiger partial charge on any atom is -0.507 e. The number of methoxy groups -OCH3 is 1. The number of fused-ring (bicyclic) bond motifs is 1. The number of β-amino-alcohol motifs (C(OH)–C–C–N with tert-alkyl or cyclic N) is 1. The Balaban J connectivity index is 1.82. The molecule has 0 spiro atoms. The Bertz CT molecular complexity index is 1160. The molecule has 0 aliphatic carbocycles. The Morgan fingerprint density at radius 1 is 1.18 bits per heavy atom. The Kier molecular flexibility index (Phi) is 6.55. The molecule has 33 heavy (non-hydrogen) atoms. The first-order valence-corrected chi connectivity index (χ1v) is 11.1.